The molecule has 0 spiro atoms. The fraction of sp³-hybridized carbons (Fsp3) is 0.571. The molecule has 192 valence electrons. The predicted molar refractivity (Wildman–Crippen MR) is 134 cm³/mol. The van der Waals surface area contributed by atoms with Gasteiger partial charge in [-0.3, -0.25) is 4.18 Å². The Labute approximate surface area is 210 Å². The summed E-state index contributed by atoms with van der Waals surface area (Å²) in [6.07, 6.45) is 7.42. The van der Waals surface area contributed by atoms with Crippen molar-refractivity contribution in [3.8, 4) is 0 Å². The molecule has 2 bridgehead atoms. The van der Waals surface area contributed by atoms with E-state index in [1.165, 1.54) is 12.0 Å². The minimum absolute atomic E-state index is 0.122. The van der Waals surface area contributed by atoms with E-state index in [9.17, 15) is 8.42 Å². The van der Waals surface area contributed by atoms with Crippen LogP contribution in [0, 0.1) is 12.8 Å². The first-order chi connectivity index (χ1) is 16.8. The molecule has 6 nitrogen and oxygen atoms in total. The van der Waals surface area contributed by atoms with Gasteiger partial charge in [0.05, 0.1) is 29.3 Å². The van der Waals surface area contributed by atoms with Crippen LogP contribution in [0.15, 0.2) is 59.5 Å². The highest BCUT2D eigenvalue weighted by molar-refractivity contribution is 7.86. The van der Waals surface area contributed by atoms with E-state index >= 15 is 0 Å². The molecule has 3 atom stereocenters. The average molecular weight is 503 g/mol. The van der Waals surface area contributed by atoms with Crippen molar-refractivity contribution in [2.75, 3.05) is 20.5 Å². The second kappa shape index (κ2) is 11.5. The standard InChI is InChI=1S/C28H38O6S/c1-23-11-13-26(14-12-23)35(29,30)34-17-7-16-28(33-22-31-2)19-25-10-6-15-27(18-25,21-28)32-20-24-8-4-3-5-9-24/h3-5,8-9,11-14,25H,6-7,10,15-22H2,1-2H3. The summed E-state index contributed by atoms with van der Waals surface area (Å²) < 4.78 is 48.8. The Balaban J connectivity index is 1.41. The number of benzene rings is 2. The maximum absolute atomic E-state index is 12.6. The van der Waals surface area contributed by atoms with Gasteiger partial charge in [-0.25, -0.2) is 0 Å². The van der Waals surface area contributed by atoms with Crippen molar-refractivity contribution in [3.63, 3.8) is 0 Å². The summed E-state index contributed by atoms with van der Waals surface area (Å²) in [5, 5.41) is 0. The van der Waals surface area contributed by atoms with E-state index in [4.69, 9.17) is 18.4 Å². The third-order valence-corrected chi connectivity index (χ3v) is 8.73. The minimum Gasteiger partial charge on any atom is -0.370 e. The Morgan fingerprint density at radius 1 is 1.00 bits per heavy atom. The van der Waals surface area contributed by atoms with Gasteiger partial charge in [0.1, 0.15) is 6.79 Å². The molecule has 2 aliphatic carbocycles. The molecule has 4 rings (SSSR count). The summed E-state index contributed by atoms with van der Waals surface area (Å²) in [4.78, 5) is 0.189. The lowest BCUT2D eigenvalue weighted by Crippen LogP contribution is -2.53. The zero-order valence-electron chi connectivity index (χ0n) is 20.9. The van der Waals surface area contributed by atoms with Gasteiger partial charge in [-0.15, -0.1) is 0 Å². The van der Waals surface area contributed by atoms with Gasteiger partial charge in [0.15, 0.2) is 0 Å². The summed E-state index contributed by atoms with van der Waals surface area (Å²) >= 11 is 0. The number of ether oxygens (including phenoxy) is 3. The van der Waals surface area contributed by atoms with Crippen LogP contribution in [0.5, 0.6) is 0 Å². The van der Waals surface area contributed by atoms with E-state index in [0.717, 1.165) is 37.7 Å². The van der Waals surface area contributed by atoms with Gasteiger partial charge >= 0.3 is 0 Å². The van der Waals surface area contributed by atoms with Crippen molar-refractivity contribution in [3.05, 3.63) is 65.7 Å². The van der Waals surface area contributed by atoms with Gasteiger partial charge < -0.3 is 14.2 Å². The van der Waals surface area contributed by atoms with Gasteiger partial charge in [0.2, 0.25) is 0 Å². The Bertz CT molecular complexity index is 1040. The molecule has 2 fully saturated rings. The maximum Gasteiger partial charge on any atom is 0.296 e. The fourth-order valence-electron chi connectivity index (χ4n) is 5.85. The third-order valence-electron chi connectivity index (χ3n) is 7.41. The van der Waals surface area contributed by atoms with E-state index in [2.05, 4.69) is 12.1 Å². The monoisotopic (exact) mass is 502 g/mol. The Hall–Kier alpha value is -1.77. The molecule has 0 aliphatic heterocycles. The highest BCUT2D eigenvalue weighted by atomic mass is 32.2. The molecule has 7 heteroatoms. The number of hydrogen-bond donors (Lipinski definition) is 0. The van der Waals surface area contributed by atoms with Crippen molar-refractivity contribution in [2.45, 2.75) is 81.0 Å². The molecule has 2 aromatic carbocycles. The molecule has 3 unspecified atom stereocenters. The van der Waals surface area contributed by atoms with E-state index in [1.54, 1.807) is 31.4 Å². The van der Waals surface area contributed by atoms with Crippen LogP contribution in [-0.4, -0.2) is 40.1 Å². The molecule has 0 amide bonds. The zero-order valence-corrected chi connectivity index (χ0v) is 21.7. The second-order valence-electron chi connectivity index (χ2n) is 10.2. The SMILES string of the molecule is COCOC1(CCCOS(=O)(=O)c2ccc(C)cc2)CC2CCCC(OCc3ccccc3)(C2)C1. The van der Waals surface area contributed by atoms with Crippen molar-refractivity contribution in [1.29, 1.82) is 0 Å². The summed E-state index contributed by atoms with van der Waals surface area (Å²) in [5.41, 5.74) is 1.55. The molecule has 0 aromatic heterocycles. The summed E-state index contributed by atoms with van der Waals surface area (Å²) in [6.45, 7) is 2.85. The molecule has 2 aliphatic rings. The normalized spacial score (nSPS) is 26.5. The molecular formula is C28H38O6S. The van der Waals surface area contributed by atoms with Crippen molar-refractivity contribution < 1.29 is 26.8 Å². The number of fused-ring (bicyclic) bond motifs is 2. The van der Waals surface area contributed by atoms with Gasteiger partial charge in [-0.1, -0.05) is 60.9 Å². The number of aryl methyl sites for hydroxylation is 1. The van der Waals surface area contributed by atoms with E-state index < -0.39 is 15.7 Å². The fourth-order valence-corrected chi connectivity index (χ4v) is 6.79. The Morgan fingerprint density at radius 2 is 1.77 bits per heavy atom. The highest BCUT2D eigenvalue weighted by Crippen LogP contribution is 2.52. The predicted octanol–water partition coefficient (Wildman–Crippen LogP) is 5.78. The molecule has 0 saturated heterocycles. The van der Waals surface area contributed by atoms with Crippen LogP contribution in [0.1, 0.15) is 62.5 Å². The van der Waals surface area contributed by atoms with Crippen LogP contribution in [0.25, 0.3) is 0 Å². The first-order valence-corrected chi connectivity index (χ1v) is 14.0. The van der Waals surface area contributed by atoms with Gasteiger partial charge in [0, 0.05) is 13.5 Å². The third kappa shape index (κ3) is 6.92. The molecule has 35 heavy (non-hydrogen) atoms. The smallest absolute Gasteiger partial charge is 0.296 e. The number of hydrogen-bond acceptors (Lipinski definition) is 6. The van der Waals surface area contributed by atoms with Crippen LogP contribution in [0.4, 0.5) is 0 Å². The molecule has 0 N–H and O–H groups in total. The summed E-state index contributed by atoms with van der Waals surface area (Å²) in [6, 6.07) is 17.0. The Kier molecular flexibility index (Phi) is 8.66. The largest absolute Gasteiger partial charge is 0.370 e. The van der Waals surface area contributed by atoms with Crippen LogP contribution >= 0.6 is 0 Å². The first-order valence-electron chi connectivity index (χ1n) is 12.6. The summed E-state index contributed by atoms with van der Waals surface area (Å²) in [5.74, 6) is 0.530. The van der Waals surface area contributed by atoms with Crippen molar-refractivity contribution in [2.24, 2.45) is 5.92 Å². The van der Waals surface area contributed by atoms with Crippen molar-refractivity contribution in [1.82, 2.24) is 0 Å². The highest BCUT2D eigenvalue weighted by Gasteiger charge is 2.51. The zero-order chi connectivity index (χ0) is 24.8. The van der Waals surface area contributed by atoms with Gasteiger partial charge in [-0.05, 0) is 62.6 Å². The van der Waals surface area contributed by atoms with E-state index in [1.807, 2.05) is 25.1 Å². The van der Waals surface area contributed by atoms with Crippen molar-refractivity contribution >= 4 is 10.1 Å². The molecular weight excluding hydrogens is 464 g/mol. The second-order valence-corrected chi connectivity index (χ2v) is 11.8. The van der Waals surface area contributed by atoms with Crippen LogP contribution in [-0.2, 0) is 35.1 Å². The molecule has 0 radical (unpaired) electrons. The minimum atomic E-state index is -3.77. The van der Waals surface area contributed by atoms with E-state index in [0.29, 0.717) is 25.4 Å². The van der Waals surface area contributed by atoms with Crippen LogP contribution < -0.4 is 0 Å². The van der Waals surface area contributed by atoms with Crippen LogP contribution in [0.2, 0.25) is 0 Å². The van der Waals surface area contributed by atoms with E-state index in [-0.39, 0.29) is 23.9 Å². The number of methoxy groups -OCH3 is 1. The first kappa shape index (κ1) is 26.3. The molecule has 2 aromatic rings. The summed E-state index contributed by atoms with van der Waals surface area (Å²) in [7, 11) is -2.14. The lowest BCUT2D eigenvalue weighted by atomic mass is 9.62. The van der Waals surface area contributed by atoms with Gasteiger partial charge in [0.25, 0.3) is 10.1 Å². The van der Waals surface area contributed by atoms with Crippen LogP contribution in [0.3, 0.4) is 0 Å². The number of rotatable bonds is 12. The average Bonchev–Trinajstić information content (AvgIpc) is 2.85. The molecule has 0 heterocycles. The lowest BCUT2D eigenvalue weighted by molar-refractivity contribution is -0.219. The lowest BCUT2D eigenvalue weighted by Gasteiger charge is -2.53. The quantitative estimate of drug-likeness (QED) is 0.208. The maximum atomic E-state index is 12.6. The molecule has 2 saturated carbocycles. The topological polar surface area (TPSA) is 71.1 Å². The van der Waals surface area contributed by atoms with Gasteiger partial charge in [-0.2, -0.15) is 8.42 Å². The Morgan fingerprint density at radius 3 is 2.51 bits per heavy atom.